The van der Waals surface area contributed by atoms with Gasteiger partial charge < -0.3 is 10.1 Å². The van der Waals surface area contributed by atoms with Crippen LogP contribution in [-0.2, 0) is 0 Å². The molecule has 0 saturated heterocycles. The molecule has 0 radical (unpaired) electrons. The van der Waals surface area contributed by atoms with E-state index in [1.165, 1.54) is 0 Å². The van der Waals surface area contributed by atoms with E-state index >= 15 is 0 Å². The van der Waals surface area contributed by atoms with Gasteiger partial charge in [0, 0.05) is 22.9 Å². The van der Waals surface area contributed by atoms with Crippen LogP contribution in [0.3, 0.4) is 0 Å². The number of pyridine rings is 1. The van der Waals surface area contributed by atoms with Crippen LogP contribution in [-0.4, -0.2) is 9.38 Å². The maximum atomic E-state index is 5.73. The van der Waals surface area contributed by atoms with Crippen molar-refractivity contribution in [1.29, 1.82) is 0 Å². The van der Waals surface area contributed by atoms with E-state index in [4.69, 9.17) is 5.73 Å². The maximum Gasteiger partial charge on any atom is 0.137 e. The van der Waals surface area contributed by atoms with Crippen LogP contribution < -0.4 is 5.73 Å². The fourth-order valence-corrected chi connectivity index (χ4v) is 1.56. The first-order valence-corrected chi connectivity index (χ1v) is 4.86. The van der Waals surface area contributed by atoms with Crippen LogP contribution in [0.15, 0.2) is 29.0 Å². The van der Waals surface area contributed by atoms with Gasteiger partial charge in [-0.25, -0.2) is 4.98 Å². The largest absolute Gasteiger partial charge is 0.323 e. The summed E-state index contributed by atoms with van der Waals surface area (Å²) in [6.07, 6.45) is 3.92. The van der Waals surface area contributed by atoms with Crippen molar-refractivity contribution in [2.24, 2.45) is 5.73 Å². The van der Waals surface area contributed by atoms with Crippen molar-refractivity contribution in [2.45, 2.75) is 13.0 Å². The molecule has 2 aromatic heterocycles. The standard InChI is InChI=1S/C9H10BrN3.2ClH/c1-6(11)8-5-13-4-7(10)2-3-9(13)12-8;;/h2-6H,11H2,1H3;2*1H/t6-;;/m0../s1. The number of halogens is 3. The average Bonchev–Trinajstić information content (AvgIpc) is 2.46. The van der Waals surface area contributed by atoms with Crippen LogP contribution in [0.4, 0.5) is 0 Å². The lowest BCUT2D eigenvalue weighted by Gasteiger charge is -1.95. The minimum Gasteiger partial charge on any atom is -0.323 e. The molecule has 0 aliphatic heterocycles. The average molecular weight is 313 g/mol. The van der Waals surface area contributed by atoms with Crippen molar-refractivity contribution in [1.82, 2.24) is 9.38 Å². The molecule has 3 nitrogen and oxygen atoms in total. The SMILES string of the molecule is C[C@H](N)c1cn2cc(Br)ccc2n1.Cl.Cl. The Morgan fingerprint density at radius 1 is 1.33 bits per heavy atom. The summed E-state index contributed by atoms with van der Waals surface area (Å²) >= 11 is 3.40. The Morgan fingerprint density at radius 2 is 2.00 bits per heavy atom. The van der Waals surface area contributed by atoms with Gasteiger partial charge in [-0.15, -0.1) is 24.8 Å². The number of nitrogens with two attached hydrogens (primary N) is 1. The van der Waals surface area contributed by atoms with Gasteiger partial charge in [0.05, 0.1) is 5.69 Å². The van der Waals surface area contributed by atoms with Gasteiger partial charge in [-0.3, -0.25) is 0 Å². The number of rotatable bonds is 1. The highest BCUT2D eigenvalue weighted by Crippen LogP contribution is 2.14. The zero-order chi connectivity index (χ0) is 9.42. The van der Waals surface area contributed by atoms with Crippen LogP contribution in [0.2, 0.25) is 0 Å². The summed E-state index contributed by atoms with van der Waals surface area (Å²) in [6.45, 7) is 1.93. The molecule has 0 amide bonds. The Bertz CT molecular complexity index is 442. The highest BCUT2D eigenvalue weighted by atomic mass is 79.9. The van der Waals surface area contributed by atoms with Crippen molar-refractivity contribution in [2.75, 3.05) is 0 Å². The van der Waals surface area contributed by atoms with Crippen LogP contribution in [0.5, 0.6) is 0 Å². The molecule has 0 saturated carbocycles. The molecule has 15 heavy (non-hydrogen) atoms. The Labute approximate surface area is 109 Å². The summed E-state index contributed by atoms with van der Waals surface area (Å²) in [6, 6.07) is 3.90. The fraction of sp³-hybridized carbons (Fsp3) is 0.222. The second kappa shape index (κ2) is 5.70. The van der Waals surface area contributed by atoms with E-state index in [2.05, 4.69) is 20.9 Å². The van der Waals surface area contributed by atoms with Gasteiger partial charge in [0.25, 0.3) is 0 Å². The molecule has 0 bridgehead atoms. The summed E-state index contributed by atoms with van der Waals surface area (Å²) in [5.41, 5.74) is 7.57. The van der Waals surface area contributed by atoms with Gasteiger partial charge >= 0.3 is 0 Å². The molecule has 0 spiro atoms. The second-order valence-corrected chi connectivity index (χ2v) is 3.98. The van der Waals surface area contributed by atoms with Crippen molar-refractivity contribution in [3.05, 3.63) is 34.7 Å². The Kier molecular flexibility index (Phi) is 5.59. The number of hydrogen-bond acceptors (Lipinski definition) is 2. The second-order valence-electron chi connectivity index (χ2n) is 3.07. The zero-order valence-electron chi connectivity index (χ0n) is 8.05. The monoisotopic (exact) mass is 311 g/mol. The van der Waals surface area contributed by atoms with Gasteiger partial charge in [-0.2, -0.15) is 0 Å². The Morgan fingerprint density at radius 3 is 2.60 bits per heavy atom. The minimum absolute atomic E-state index is 0. The molecule has 0 aliphatic rings. The van der Waals surface area contributed by atoms with E-state index in [1.54, 1.807) is 0 Å². The first-order valence-electron chi connectivity index (χ1n) is 4.06. The van der Waals surface area contributed by atoms with Gasteiger partial charge in [0.2, 0.25) is 0 Å². The van der Waals surface area contributed by atoms with E-state index in [9.17, 15) is 0 Å². The molecule has 0 unspecified atom stereocenters. The van der Waals surface area contributed by atoms with Crippen molar-refractivity contribution < 1.29 is 0 Å². The number of aromatic nitrogens is 2. The summed E-state index contributed by atoms with van der Waals surface area (Å²) in [7, 11) is 0. The molecular formula is C9H12BrCl2N3. The normalized spacial score (nSPS) is 11.7. The van der Waals surface area contributed by atoms with Crippen LogP contribution >= 0.6 is 40.7 Å². The van der Waals surface area contributed by atoms with Crippen LogP contribution in [0.1, 0.15) is 18.7 Å². The smallest absolute Gasteiger partial charge is 0.137 e. The third kappa shape index (κ3) is 3.08. The van der Waals surface area contributed by atoms with E-state index in [1.807, 2.05) is 35.9 Å². The number of imidazole rings is 1. The zero-order valence-corrected chi connectivity index (χ0v) is 11.3. The van der Waals surface area contributed by atoms with E-state index in [0.717, 1.165) is 15.8 Å². The summed E-state index contributed by atoms with van der Waals surface area (Å²) < 4.78 is 3.00. The summed E-state index contributed by atoms with van der Waals surface area (Å²) in [5.74, 6) is 0. The van der Waals surface area contributed by atoms with Gasteiger partial charge in [-0.05, 0) is 35.0 Å². The summed E-state index contributed by atoms with van der Waals surface area (Å²) in [4.78, 5) is 4.37. The molecule has 0 aliphatic carbocycles. The summed E-state index contributed by atoms with van der Waals surface area (Å²) in [5, 5.41) is 0. The minimum atomic E-state index is -0.0151. The predicted octanol–water partition coefficient (Wildman–Crippen LogP) is 2.96. The van der Waals surface area contributed by atoms with E-state index in [-0.39, 0.29) is 30.9 Å². The van der Waals surface area contributed by atoms with E-state index in [0.29, 0.717) is 0 Å². The Balaban J connectivity index is 0.000000980. The quantitative estimate of drug-likeness (QED) is 0.879. The van der Waals surface area contributed by atoms with Crippen molar-refractivity contribution >= 4 is 46.4 Å². The topological polar surface area (TPSA) is 43.3 Å². The van der Waals surface area contributed by atoms with Gasteiger partial charge in [-0.1, -0.05) is 0 Å². The molecular weight excluding hydrogens is 301 g/mol. The molecule has 2 N–H and O–H groups in total. The van der Waals surface area contributed by atoms with E-state index < -0.39 is 0 Å². The van der Waals surface area contributed by atoms with Crippen molar-refractivity contribution in [3.63, 3.8) is 0 Å². The molecule has 0 fully saturated rings. The van der Waals surface area contributed by atoms with Crippen LogP contribution in [0.25, 0.3) is 5.65 Å². The highest BCUT2D eigenvalue weighted by molar-refractivity contribution is 9.10. The predicted molar refractivity (Wildman–Crippen MR) is 70.0 cm³/mol. The van der Waals surface area contributed by atoms with Gasteiger partial charge in [0.15, 0.2) is 0 Å². The highest BCUT2D eigenvalue weighted by Gasteiger charge is 2.04. The fourth-order valence-electron chi connectivity index (χ4n) is 1.20. The first kappa shape index (κ1) is 14.7. The van der Waals surface area contributed by atoms with Crippen LogP contribution in [0, 0.1) is 0 Å². The first-order chi connectivity index (χ1) is 6.16. The number of fused-ring (bicyclic) bond motifs is 1. The molecule has 2 aromatic rings. The van der Waals surface area contributed by atoms with Gasteiger partial charge in [0.1, 0.15) is 5.65 Å². The maximum absolute atomic E-state index is 5.73. The number of nitrogens with zero attached hydrogens (tertiary/aromatic N) is 2. The lowest BCUT2D eigenvalue weighted by Crippen LogP contribution is -2.04. The molecule has 2 heterocycles. The molecule has 0 aromatic carbocycles. The molecule has 6 heteroatoms. The third-order valence-corrected chi connectivity index (χ3v) is 2.37. The molecule has 1 atom stereocenters. The lowest BCUT2D eigenvalue weighted by molar-refractivity contribution is 0.790. The number of hydrogen-bond donors (Lipinski definition) is 1. The lowest BCUT2D eigenvalue weighted by atomic mass is 10.3. The Hall–Kier alpha value is -0.290. The molecule has 2 rings (SSSR count). The third-order valence-electron chi connectivity index (χ3n) is 1.90. The molecule has 84 valence electrons. The van der Waals surface area contributed by atoms with Crippen molar-refractivity contribution in [3.8, 4) is 0 Å².